The van der Waals surface area contributed by atoms with Crippen molar-refractivity contribution in [2.24, 2.45) is 9.98 Å². The molecule has 0 spiro atoms. The average molecular weight is 338 g/mol. The molecule has 0 aliphatic rings. The van der Waals surface area contributed by atoms with Gasteiger partial charge in [-0.15, -0.1) is 0 Å². The second-order valence-corrected chi connectivity index (χ2v) is 6.33. The Morgan fingerprint density at radius 3 is 1.56 bits per heavy atom. The predicted molar refractivity (Wildman–Crippen MR) is 104 cm³/mol. The molecule has 2 aromatic carbocycles. The summed E-state index contributed by atoms with van der Waals surface area (Å²) in [4.78, 5) is 9.07. The number of benzene rings is 2. The molecular weight excluding hydrogens is 312 g/mol. The Balaban J connectivity index is 1.94. The molecule has 25 heavy (non-hydrogen) atoms. The van der Waals surface area contributed by atoms with Gasteiger partial charge in [0.1, 0.15) is 11.5 Å². The van der Waals surface area contributed by atoms with E-state index in [-0.39, 0.29) is 11.5 Å². The minimum atomic E-state index is 0.260. The third kappa shape index (κ3) is 5.18. The maximum absolute atomic E-state index is 9.93. The van der Waals surface area contributed by atoms with E-state index < -0.39 is 0 Å². The molecule has 0 aliphatic carbocycles. The first-order valence-corrected chi connectivity index (χ1v) is 8.50. The van der Waals surface area contributed by atoms with Crippen LogP contribution in [-0.4, -0.2) is 34.7 Å². The molecule has 0 fully saturated rings. The van der Waals surface area contributed by atoms with Crippen molar-refractivity contribution in [2.45, 2.75) is 34.1 Å². The van der Waals surface area contributed by atoms with E-state index in [4.69, 9.17) is 0 Å². The highest BCUT2D eigenvalue weighted by atomic mass is 16.3. The lowest BCUT2D eigenvalue weighted by molar-refractivity contribution is 0.473. The molecule has 4 nitrogen and oxygen atoms in total. The lowest BCUT2D eigenvalue weighted by Crippen LogP contribution is -2.01. The van der Waals surface area contributed by atoms with Crippen LogP contribution in [0, 0.1) is 13.8 Å². The Kier molecular flexibility index (Phi) is 6.34. The van der Waals surface area contributed by atoms with Crippen molar-refractivity contribution < 1.29 is 10.2 Å². The SMILES string of the molecule is CC(=NCCCN=C(C)c1cc(C)ccc1O)c1cc(C)ccc1O. The van der Waals surface area contributed by atoms with Crippen LogP contribution in [0.4, 0.5) is 0 Å². The fourth-order valence-corrected chi connectivity index (χ4v) is 2.61. The van der Waals surface area contributed by atoms with Gasteiger partial charge in [-0.05, 0) is 58.4 Å². The summed E-state index contributed by atoms with van der Waals surface area (Å²) < 4.78 is 0. The lowest BCUT2D eigenvalue weighted by atomic mass is 10.1. The van der Waals surface area contributed by atoms with Crippen LogP contribution < -0.4 is 0 Å². The first-order valence-electron chi connectivity index (χ1n) is 8.50. The Morgan fingerprint density at radius 1 is 0.760 bits per heavy atom. The van der Waals surface area contributed by atoms with Crippen LogP contribution in [0.25, 0.3) is 0 Å². The van der Waals surface area contributed by atoms with Gasteiger partial charge in [0.25, 0.3) is 0 Å². The van der Waals surface area contributed by atoms with E-state index in [9.17, 15) is 10.2 Å². The molecule has 0 atom stereocenters. The van der Waals surface area contributed by atoms with Gasteiger partial charge in [0.2, 0.25) is 0 Å². The van der Waals surface area contributed by atoms with E-state index in [0.29, 0.717) is 13.1 Å². The van der Waals surface area contributed by atoms with Crippen LogP contribution in [0.1, 0.15) is 42.5 Å². The van der Waals surface area contributed by atoms with Crippen molar-refractivity contribution in [2.75, 3.05) is 13.1 Å². The molecule has 0 unspecified atom stereocenters. The lowest BCUT2D eigenvalue weighted by Gasteiger charge is -2.06. The fourth-order valence-electron chi connectivity index (χ4n) is 2.61. The number of aryl methyl sites for hydroxylation is 2. The summed E-state index contributed by atoms with van der Waals surface area (Å²) in [6.45, 7) is 9.11. The summed E-state index contributed by atoms with van der Waals surface area (Å²) in [7, 11) is 0. The standard InChI is InChI=1S/C21H26N2O2/c1-14-6-8-20(24)18(12-14)16(3)22-10-5-11-23-17(4)19-13-15(2)7-9-21(19)25/h6-9,12-13,24-25H,5,10-11H2,1-4H3. The second kappa shape index (κ2) is 8.47. The highest BCUT2D eigenvalue weighted by Crippen LogP contribution is 2.20. The molecule has 2 aromatic rings. The highest BCUT2D eigenvalue weighted by molar-refractivity contribution is 6.01. The van der Waals surface area contributed by atoms with Gasteiger partial charge < -0.3 is 10.2 Å². The van der Waals surface area contributed by atoms with Gasteiger partial charge in [-0.3, -0.25) is 9.98 Å². The summed E-state index contributed by atoms with van der Waals surface area (Å²) in [5.74, 6) is 0.520. The predicted octanol–water partition coefficient (Wildman–Crippen LogP) is 4.42. The Labute approximate surface area is 149 Å². The average Bonchev–Trinajstić information content (AvgIpc) is 2.58. The second-order valence-electron chi connectivity index (χ2n) is 6.33. The van der Waals surface area contributed by atoms with Gasteiger partial charge in [-0.2, -0.15) is 0 Å². The van der Waals surface area contributed by atoms with Crippen LogP contribution in [0.5, 0.6) is 11.5 Å². The number of phenols is 2. The van der Waals surface area contributed by atoms with Crippen LogP contribution in [0.15, 0.2) is 46.4 Å². The molecule has 0 amide bonds. The molecule has 0 saturated heterocycles. The number of phenolic OH excluding ortho intramolecular Hbond substituents is 2. The Hall–Kier alpha value is -2.62. The third-order valence-electron chi connectivity index (χ3n) is 4.10. The molecule has 2 N–H and O–H groups in total. The van der Waals surface area contributed by atoms with Crippen molar-refractivity contribution in [3.8, 4) is 11.5 Å². The van der Waals surface area contributed by atoms with E-state index in [1.807, 2.05) is 52.0 Å². The van der Waals surface area contributed by atoms with Crippen LogP contribution in [0.3, 0.4) is 0 Å². The van der Waals surface area contributed by atoms with Gasteiger partial charge >= 0.3 is 0 Å². The van der Waals surface area contributed by atoms with Crippen molar-refractivity contribution in [1.82, 2.24) is 0 Å². The number of hydrogen-bond acceptors (Lipinski definition) is 4. The first kappa shape index (κ1) is 18.7. The zero-order valence-electron chi connectivity index (χ0n) is 15.4. The van der Waals surface area contributed by atoms with Crippen LogP contribution in [0.2, 0.25) is 0 Å². The number of nitrogens with zero attached hydrogens (tertiary/aromatic N) is 2. The molecule has 132 valence electrons. The molecule has 2 rings (SSSR count). The summed E-state index contributed by atoms with van der Waals surface area (Å²) in [6.07, 6.45) is 0.813. The largest absolute Gasteiger partial charge is 0.507 e. The third-order valence-corrected chi connectivity index (χ3v) is 4.10. The minimum absolute atomic E-state index is 0.260. The van der Waals surface area contributed by atoms with Crippen molar-refractivity contribution >= 4 is 11.4 Å². The zero-order chi connectivity index (χ0) is 18.4. The van der Waals surface area contributed by atoms with E-state index in [0.717, 1.165) is 40.1 Å². The highest BCUT2D eigenvalue weighted by Gasteiger charge is 2.05. The van der Waals surface area contributed by atoms with Crippen molar-refractivity contribution in [3.05, 3.63) is 58.7 Å². The molecule has 0 bridgehead atoms. The van der Waals surface area contributed by atoms with Gasteiger partial charge in [0.05, 0.1) is 0 Å². The quantitative estimate of drug-likeness (QED) is 0.605. The maximum atomic E-state index is 9.93. The minimum Gasteiger partial charge on any atom is -0.507 e. The summed E-state index contributed by atoms with van der Waals surface area (Å²) in [5, 5.41) is 19.9. The smallest absolute Gasteiger partial charge is 0.124 e. The van der Waals surface area contributed by atoms with E-state index >= 15 is 0 Å². The van der Waals surface area contributed by atoms with Crippen molar-refractivity contribution in [1.29, 1.82) is 0 Å². The number of aromatic hydroxyl groups is 2. The van der Waals surface area contributed by atoms with E-state index in [1.165, 1.54) is 0 Å². The summed E-state index contributed by atoms with van der Waals surface area (Å²) >= 11 is 0. The Morgan fingerprint density at radius 2 is 1.16 bits per heavy atom. The van der Waals surface area contributed by atoms with Gasteiger partial charge in [-0.1, -0.05) is 23.3 Å². The molecule has 0 heterocycles. The maximum Gasteiger partial charge on any atom is 0.124 e. The zero-order valence-corrected chi connectivity index (χ0v) is 15.4. The van der Waals surface area contributed by atoms with E-state index in [2.05, 4.69) is 9.98 Å². The van der Waals surface area contributed by atoms with Gasteiger partial charge in [0, 0.05) is 35.6 Å². The van der Waals surface area contributed by atoms with E-state index in [1.54, 1.807) is 12.1 Å². The molecule has 4 heteroatoms. The van der Waals surface area contributed by atoms with Gasteiger partial charge in [0.15, 0.2) is 0 Å². The van der Waals surface area contributed by atoms with Crippen LogP contribution >= 0.6 is 0 Å². The fraction of sp³-hybridized carbons (Fsp3) is 0.333. The van der Waals surface area contributed by atoms with Crippen molar-refractivity contribution in [3.63, 3.8) is 0 Å². The van der Waals surface area contributed by atoms with Gasteiger partial charge in [-0.25, -0.2) is 0 Å². The topological polar surface area (TPSA) is 65.2 Å². The number of hydrogen-bond donors (Lipinski definition) is 2. The normalized spacial score (nSPS) is 12.5. The number of rotatable bonds is 6. The summed E-state index contributed by atoms with van der Waals surface area (Å²) in [5.41, 5.74) is 5.42. The Bertz CT molecular complexity index is 740. The molecular formula is C21H26N2O2. The molecule has 0 aliphatic heterocycles. The molecule has 0 saturated carbocycles. The van der Waals surface area contributed by atoms with Crippen LogP contribution in [-0.2, 0) is 0 Å². The molecule has 0 radical (unpaired) electrons. The number of aliphatic imine (C=N–C) groups is 2. The monoisotopic (exact) mass is 338 g/mol. The summed E-state index contributed by atoms with van der Waals surface area (Å²) in [6, 6.07) is 11.0. The molecule has 0 aromatic heterocycles. The first-order chi connectivity index (χ1) is 11.9.